The predicted octanol–water partition coefficient (Wildman–Crippen LogP) is 1.96. The van der Waals surface area contributed by atoms with E-state index in [2.05, 4.69) is 53.1 Å². The van der Waals surface area contributed by atoms with E-state index in [4.69, 9.17) is 0 Å². The predicted molar refractivity (Wildman–Crippen MR) is 76.9 cm³/mol. The van der Waals surface area contributed by atoms with E-state index in [0.717, 1.165) is 13.1 Å². The number of para-hydroxylation sites is 1. The van der Waals surface area contributed by atoms with Crippen LogP contribution in [0, 0.1) is 5.92 Å². The lowest BCUT2D eigenvalue weighted by molar-refractivity contribution is 0.174. The summed E-state index contributed by atoms with van der Waals surface area (Å²) >= 11 is 0. The normalized spacial score (nSPS) is 26.3. The van der Waals surface area contributed by atoms with E-state index in [9.17, 15) is 5.11 Å². The van der Waals surface area contributed by atoms with Crippen molar-refractivity contribution in [2.45, 2.75) is 12.6 Å². The van der Waals surface area contributed by atoms with E-state index in [0.29, 0.717) is 6.04 Å². The fourth-order valence-electron chi connectivity index (χ4n) is 3.60. The largest absolute Gasteiger partial charge is 0.396 e. The van der Waals surface area contributed by atoms with Crippen molar-refractivity contribution in [2.75, 3.05) is 20.2 Å². The third kappa shape index (κ3) is 1.52. The molecule has 0 fully saturated rings. The van der Waals surface area contributed by atoms with Gasteiger partial charge in [-0.05, 0) is 18.7 Å². The molecule has 2 aliphatic heterocycles. The van der Waals surface area contributed by atoms with E-state index in [-0.39, 0.29) is 12.5 Å². The Morgan fingerprint density at radius 1 is 1.26 bits per heavy atom. The smallest absolute Gasteiger partial charge is 0.0557 e. The third-order valence-electron chi connectivity index (χ3n) is 4.53. The van der Waals surface area contributed by atoms with Crippen molar-refractivity contribution in [1.29, 1.82) is 0 Å². The Balaban J connectivity index is 1.97. The van der Waals surface area contributed by atoms with Crippen LogP contribution in [0.4, 0.5) is 0 Å². The molecule has 0 saturated carbocycles. The van der Waals surface area contributed by atoms with E-state index >= 15 is 0 Å². The maximum atomic E-state index is 9.47. The lowest BCUT2D eigenvalue weighted by Crippen LogP contribution is -2.44. The zero-order chi connectivity index (χ0) is 13.0. The van der Waals surface area contributed by atoms with Crippen LogP contribution in [-0.4, -0.2) is 40.8 Å². The van der Waals surface area contributed by atoms with E-state index in [1.165, 1.54) is 22.0 Å². The summed E-state index contributed by atoms with van der Waals surface area (Å²) in [6, 6.07) is 9.15. The molecule has 3 heterocycles. The number of rotatable bonds is 1. The standard InChI is InChI=1S/C16H18N2O/c1-17-8-11(10-19)7-14-13-4-2-3-12-5-6-18(16(12)13)9-15(14)17/h2-7,11,15,19H,8-10H2,1H3/t11-,15?/m1/s1. The van der Waals surface area contributed by atoms with Crippen LogP contribution in [-0.2, 0) is 6.54 Å². The Bertz CT molecular complexity index is 670. The van der Waals surface area contributed by atoms with Crippen LogP contribution >= 0.6 is 0 Å². The maximum Gasteiger partial charge on any atom is 0.0557 e. The molecule has 0 saturated heterocycles. The van der Waals surface area contributed by atoms with Gasteiger partial charge in [0.1, 0.15) is 0 Å². The molecule has 3 nitrogen and oxygen atoms in total. The highest BCUT2D eigenvalue weighted by atomic mass is 16.3. The summed E-state index contributed by atoms with van der Waals surface area (Å²) in [5, 5.41) is 10.8. The van der Waals surface area contributed by atoms with Crippen LogP contribution in [0.3, 0.4) is 0 Å². The second-order valence-corrected chi connectivity index (χ2v) is 5.73. The minimum absolute atomic E-state index is 0.234. The first kappa shape index (κ1) is 11.3. The maximum absolute atomic E-state index is 9.47. The van der Waals surface area contributed by atoms with Gasteiger partial charge in [0.05, 0.1) is 18.2 Å². The molecule has 0 radical (unpaired) electrons. The van der Waals surface area contributed by atoms with E-state index in [1.807, 2.05) is 0 Å². The van der Waals surface area contributed by atoms with Gasteiger partial charge in [-0.1, -0.05) is 24.3 Å². The van der Waals surface area contributed by atoms with Crippen molar-refractivity contribution in [3.05, 3.63) is 42.1 Å². The highest BCUT2D eigenvalue weighted by Gasteiger charge is 2.32. The molecule has 1 aromatic carbocycles. The number of hydrogen-bond donors (Lipinski definition) is 1. The molecule has 2 atom stereocenters. The fraction of sp³-hybridized carbons (Fsp3) is 0.375. The molecule has 0 bridgehead atoms. The van der Waals surface area contributed by atoms with Gasteiger partial charge in [0.25, 0.3) is 0 Å². The average molecular weight is 254 g/mol. The second-order valence-electron chi connectivity index (χ2n) is 5.73. The van der Waals surface area contributed by atoms with E-state index in [1.54, 1.807) is 0 Å². The number of nitrogens with zero attached hydrogens (tertiary/aromatic N) is 2. The Kier molecular flexibility index (Phi) is 2.34. The van der Waals surface area contributed by atoms with Crippen LogP contribution in [0.15, 0.2) is 36.5 Å². The molecule has 4 rings (SSSR count). The summed E-state index contributed by atoms with van der Waals surface area (Å²) in [4.78, 5) is 2.37. The third-order valence-corrected chi connectivity index (χ3v) is 4.53. The Morgan fingerprint density at radius 2 is 2.16 bits per heavy atom. The van der Waals surface area contributed by atoms with Crippen LogP contribution in [0.2, 0.25) is 0 Å². The molecule has 1 unspecified atom stereocenters. The summed E-state index contributed by atoms with van der Waals surface area (Å²) in [6.45, 7) is 2.19. The van der Waals surface area contributed by atoms with Gasteiger partial charge < -0.3 is 9.67 Å². The van der Waals surface area contributed by atoms with Crippen molar-refractivity contribution in [3.8, 4) is 0 Å². The monoisotopic (exact) mass is 254 g/mol. The molecule has 0 amide bonds. The number of aliphatic hydroxyl groups is 1. The van der Waals surface area contributed by atoms with Crippen LogP contribution in [0.25, 0.3) is 16.5 Å². The van der Waals surface area contributed by atoms with Crippen LogP contribution in [0.1, 0.15) is 5.56 Å². The first-order chi connectivity index (χ1) is 9.28. The first-order valence-corrected chi connectivity index (χ1v) is 6.89. The molecule has 3 heteroatoms. The van der Waals surface area contributed by atoms with Gasteiger partial charge in [-0.25, -0.2) is 0 Å². The van der Waals surface area contributed by atoms with Crippen molar-refractivity contribution in [1.82, 2.24) is 9.47 Å². The highest BCUT2D eigenvalue weighted by molar-refractivity contribution is 5.94. The molecular formula is C16H18N2O. The summed E-state index contributed by atoms with van der Waals surface area (Å²) in [5.41, 5.74) is 4.07. The first-order valence-electron chi connectivity index (χ1n) is 6.89. The lowest BCUT2D eigenvalue weighted by Gasteiger charge is -2.40. The number of fused-ring (bicyclic) bond motifs is 2. The quantitative estimate of drug-likeness (QED) is 0.842. The number of aromatic nitrogens is 1. The molecule has 0 spiro atoms. The highest BCUT2D eigenvalue weighted by Crippen LogP contribution is 2.38. The van der Waals surface area contributed by atoms with Gasteiger partial charge in [0.2, 0.25) is 0 Å². The summed E-state index contributed by atoms with van der Waals surface area (Å²) in [5.74, 6) is 0.257. The van der Waals surface area contributed by atoms with Gasteiger partial charge in [-0.15, -0.1) is 0 Å². The summed E-state index contributed by atoms with van der Waals surface area (Å²) < 4.78 is 2.36. The van der Waals surface area contributed by atoms with Crippen molar-refractivity contribution >= 4 is 16.5 Å². The minimum atomic E-state index is 0.234. The molecule has 2 aromatic rings. The molecule has 1 aromatic heterocycles. The average Bonchev–Trinajstić information content (AvgIpc) is 2.85. The number of aliphatic hydroxyl groups excluding tert-OH is 1. The topological polar surface area (TPSA) is 28.4 Å². The van der Waals surface area contributed by atoms with Crippen molar-refractivity contribution in [3.63, 3.8) is 0 Å². The number of benzene rings is 1. The van der Waals surface area contributed by atoms with Gasteiger partial charge >= 0.3 is 0 Å². The lowest BCUT2D eigenvalue weighted by atomic mass is 9.86. The molecular weight excluding hydrogens is 236 g/mol. The van der Waals surface area contributed by atoms with Crippen LogP contribution in [0.5, 0.6) is 0 Å². The molecule has 19 heavy (non-hydrogen) atoms. The Labute approximate surface area is 112 Å². The fourth-order valence-corrected chi connectivity index (χ4v) is 3.60. The van der Waals surface area contributed by atoms with Crippen molar-refractivity contribution in [2.24, 2.45) is 5.92 Å². The molecule has 2 aliphatic rings. The Hall–Kier alpha value is -1.58. The van der Waals surface area contributed by atoms with Gasteiger partial charge in [-0.3, -0.25) is 4.90 Å². The Morgan fingerprint density at radius 3 is 3.00 bits per heavy atom. The van der Waals surface area contributed by atoms with Gasteiger partial charge in [0.15, 0.2) is 0 Å². The van der Waals surface area contributed by atoms with Gasteiger partial charge in [0, 0.05) is 36.2 Å². The number of hydrogen-bond acceptors (Lipinski definition) is 2. The summed E-state index contributed by atoms with van der Waals surface area (Å²) in [6.07, 6.45) is 4.48. The second kappa shape index (κ2) is 3.95. The molecule has 1 N–H and O–H groups in total. The van der Waals surface area contributed by atoms with Gasteiger partial charge in [-0.2, -0.15) is 0 Å². The minimum Gasteiger partial charge on any atom is -0.396 e. The van der Waals surface area contributed by atoms with Crippen LogP contribution < -0.4 is 0 Å². The SMILES string of the molecule is CN1C[C@H](CO)C=C2c3cccc4ccn(c34)CC21. The van der Waals surface area contributed by atoms with E-state index < -0.39 is 0 Å². The molecule has 0 aliphatic carbocycles. The number of likely N-dealkylation sites (N-methyl/N-ethyl adjacent to an activating group) is 1. The molecule has 98 valence electrons. The zero-order valence-corrected chi connectivity index (χ0v) is 11.1. The van der Waals surface area contributed by atoms with Crippen molar-refractivity contribution < 1.29 is 5.11 Å². The summed E-state index contributed by atoms with van der Waals surface area (Å²) in [7, 11) is 2.16. The zero-order valence-electron chi connectivity index (χ0n) is 11.1.